The van der Waals surface area contributed by atoms with E-state index in [1.807, 2.05) is 6.92 Å². The van der Waals surface area contributed by atoms with Gasteiger partial charge in [-0.2, -0.15) is 0 Å². The Bertz CT molecular complexity index is 840. The van der Waals surface area contributed by atoms with Crippen LogP contribution < -0.4 is 5.73 Å². The molecule has 0 spiro atoms. The highest BCUT2D eigenvalue weighted by Gasteiger charge is 2.25. The normalized spacial score (nSPS) is 12.7. The summed E-state index contributed by atoms with van der Waals surface area (Å²) in [5.41, 5.74) is 7.53. The summed E-state index contributed by atoms with van der Waals surface area (Å²) in [4.78, 5) is 12.0. The van der Waals surface area contributed by atoms with E-state index in [0.29, 0.717) is 6.42 Å². The molecule has 0 saturated carbocycles. The fraction of sp³-hybridized carbons (Fsp3) is 0.278. The number of rotatable bonds is 5. The predicted molar refractivity (Wildman–Crippen MR) is 91.8 cm³/mol. The molecule has 128 valence electrons. The third-order valence-electron chi connectivity index (χ3n) is 3.62. The van der Waals surface area contributed by atoms with Crippen LogP contribution in [0.2, 0.25) is 0 Å². The molecular formula is C18H21NO4S. The van der Waals surface area contributed by atoms with Crippen LogP contribution in [0.3, 0.4) is 0 Å². The van der Waals surface area contributed by atoms with Crippen LogP contribution >= 0.6 is 0 Å². The minimum Gasteiger partial charge on any atom is -0.465 e. The van der Waals surface area contributed by atoms with Crippen LogP contribution in [0.5, 0.6) is 0 Å². The van der Waals surface area contributed by atoms with Crippen molar-refractivity contribution in [3.63, 3.8) is 0 Å². The lowest BCUT2D eigenvalue weighted by Crippen LogP contribution is -2.17. The molecule has 0 unspecified atom stereocenters. The van der Waals surface area contributed by atoms with Gasteiger partial charge in [0.2, 0.25) is 9.84 Å². The van der Waals surface area contributed by atoms with Crippen molar-refractivity contribution < 1.29 is 17.9 Å². The van der Waals surface area contributed by atoms with Gasteiger partial charge in [-0.05, 0) is 50.1 Å². The average Bonchev–Trinajstić information content (AvgIpc) is 2.53. The summed E-state index contributed by atoms with van der Waals surface area (Å²) >= 11 is 0. The third kappa shape index (κ3) is 3.83. The Labute approximate surface area is 142 Å². The zero-order valence-electron chi connectivity index (χ0n) is 13.9. The number of ether oxygens (including phenoxy) is 1. The van der Waals surface area contributed by atoms with Gasteiger partial charge in [-0.3, -0.25) is 0 Å². The van der Waals surface area contributed by atoms with Gasteiger partial charge in [-0.25, -0.2) is 13.2 Å². The first kappa shape index (κ1) is 18.2. The maximum absolute atomic E-state index is 12.9. The molecule has 0 aliphatic heterocycles. The van der Waals surface area contributed by atoms with Gasteiger partial charge in [-0.15, -0.1) is 0 Å². The molecule has 0 aliphatic carbocycles. The molecule has 0 amide bonds. The highest BCUT2D eigenvalue weighted by Crippen LogP contribution is 2.26. The molecule has 2 aromatic carbocycles. The van der Waals surface area contributed by atoms with E-state index in [2.05, 4.69) is 0 Å². The van der Waals surface area contributed by atoms with Crippen molar-refractivity contribution in [3.05, 3.63) is 59.2 Å². The van der Waals surface area contributed by atoms with Crippen molar-refractivity contribution in [2.45, 2.75) is 36.1 Å². The number of hydrogen-bond acceptors (Lipinski definition) is 5. The van der Waals surface area contributed by atoms with Gasteiger partial charge in [0.05, 0.1) is 22.5 Å². The SMILES string of the molecule is COC(=O)c1cc(C)ccc1S(=O)(=O)c1ccc(C[C@@H](C)N)cc1. The van der Waals surface area contributed by atoms with E-state index in [4.69, 9.17) is 10.5 Å². The van der Waals surface area contributed by atoms with Gasteiger partial charge < -0.3 is 10.5 Å². The minimum atomic E-state index is -3.82. The van der Waals surface area contributed by atoms with E-state index in [0.717, 1.165) is 11.1 Å². The quantitative estimate of drug-likeness (QED) is 0.840. The lowest BCUT2D eigenvalue weighted by molar-refractivity contribution is 0.0596. The van der Waals surface area contributed by atoms with Gasteiger partial charge >= 0.3 is 5.97 Å². The molecular weight excluding hydrogens is 326 g/mol. The number of nitrogens with two attached hydrogens (primary N) is 1. The number of esters is 1. The zero-order chi connectivity index (χ0) is 17.9. The number of carbonyl (C=O) groups excluding carboxylic acids is 1. The first-order valence-electron chi connectivity index (χ1n) is 7.54. The summed E-state index contributed by atoms with van der Waals surface area (Å²) in [5.74, 6) is -0.675. The van der Waals surface area contributed by atoms with Gasteiger partial charge in [0, 0.05) is 6.04 Å². The number of sulfone groups is 1. The smallest absolute Gasteiger partial charge is 0.339 e. The van der Waals surface area contributed by atoms with Gasteiger partial charge in [0.1, 0.15) is 0 Å². The monoisotopic (exact) mass is 347 g/mol. The maximum atomic E-state index is 12.9. The predicted octanol–water partition coefficient (Wildman–Crippen LogP) is 2.50. The molecule has 0 fully saturated rings. The molecule has 0 aromatic heterocycles. The summed E-state index contributed by atoms with van der Waals surface area (Å²) in [5, 5.41) is 0. The average molecular weight is 347 g/mol. The molecule has 2 rings (SSSR count). The van der Waals surface area contributed by atoms with E-state index >= 15 is 0 Å². The Hall–Kier alpha value is -2.18. The zero-order valence-corrected chi connectivity index (χ0v) is 14.8. The van der Waals surface area contributed by atoms with E-state index in [1.165, 1.54) is 31.4 Å². The fourth-order valence-corrected chi connectivity index (χ4v) is 3.88. The summed E-state index contributed by atoms with van der Waals surface area (Å²) in [7, 11) is -2.59. The number of methoxy groups -OCH3 is 1. The van der Waals surface area contributed by atoms with Crippen molar-refractivity contribution in [2.24, 2.45) is 5.73 Å². The van der Waals surface area contributed by atoms with E-state index in [1.54, 1.807) is 25.1 Å². The van der Waals surface area contributed by atoms with Gasteiger partial charge in [-0.1, -0.05) is 23.8 Å². The van der Waals surface area contributed by atoms with Gasteiger partial charge in [0.15, 0.2) is 0 Å². The Kier molecular flexibility index (Phi) is 5.41. The lowest BCUT2D eigenvalue weighted by Gasteiger charge is -2.11. The molecule has 0 aliphatic rings. The number of hydrogen-bond donors (Lipinski definition) is 1. The summed E-state index contributed by atoms with van der Waals surface area (Å²) in [6.07, 6.45) is 0.665. The number of aryl methyl sites for hydroxylation is 1. The van der Waals surface area contributed by atoms with Crippen molar-refractivity contribution in [3.8, 4) is 0 Å². The highest BCUT2D eigenvalue weighted by molar-refractivity contribution is 7.91. The first-order valence-corrected chi connectivity index (χ1v) is 9.02. The van der Waals surface area contributed by atoms with Crippen LogP contribution in [-0.2, 0) is 21.0 Å². The standard InChI is InChI=1S/C18H21NO4S/c1-12-4-9-17(16(10-12)18(20)23-3)24(21,22)15-7-5-14(6-8-15)11-13(2)19/h4-10,13H,11,19H2,1-3H3/t13-/m1/s1. The second-order valence-electron chi connectivity index (χ2n) is 5.82. The van der Waals surface area contributed by atoms with E-state index in [-0.39, 0.29) is 21.4 Å². The fourth-order valence-electron chi connectivity index (χ4n) is 2.45. The van der Waals surface area contributed by atoms with Crippen molar-refractivity contribution in [2.75, 3.05) is 7.11 Å². The van der Waals surface area contributed by atoms with Crippen LogP contribution in [0.25, 0.3) is 0 Å². The lowest BCUT2D eigenvalue weighted by atomic mass is 10.1. The van der Waals surface area contributed by atoms with E-state index < -0.39 is 15.8 Å². The molecule has 1 atom stereocenters. The molecule has 6 heteroatoms. The molecule has 0 radical (unpaired) electrons. The topological polar surface area (TPSA) is 86.5 Å². The Morgan fingerprint density at radius 2 is 1.79 bits per heavy atom. The largest absolute Gasteiger partial charge is 0.465 e. The number of benzene rings is 2. The molecule has 5 nitrogen and oxygen atoms in total. The van der Waals surface area contributed by atoms with Gasteiger partial charge in [0.25, 0.3) is 0 Å². The summed E-state index contributed by atoms with van der Waals surface area (Å²) < 4.78 is 30.5. The second-order valence-corrected chi connectivity index (χ2v) is 7.74. The van der Waals surface area contributed by atoms with Crippen LogP contribution in [0.1, 0.15) is 28.4 Å². The highest BCUT2D eigenvalue weighted by atomic mass is 32.2. The molecule has 2 aromatic rings. The summed E-state index contributed by atoms with van der Waals surface area (Å²) in [6.45, 7) is 3.67. The number of carbonyl (C=O) groups is 1. The Morgan fingerprint density at radius 1 is 1.17 bits per heavy atom. The van der Waals surface area contributed by atoms with Crippen LogP contribution in [-0.4, -0.2) is 27.5 Å². The Morgan fingerprint density at radius 3 is 2.33 bits per heavy atom. The van der Waals surface area contributed by atoms with Crippen LogP contribution in [0.4, 0.5) is 0 Å². The molecule has 0 heterocycles. The maximum Gasteiger partial charge on any atom is 0.339 e. The second kappa shape index (κ2) is 7.15. The van der Waals surface area contributed by atoms with Crippen LogP contribution in [0, 0.1) is 6.92 Å². The third-order valence-corrected chi connectivity index (χ3v) is 5.45. The molecule has 0 saturated heterocycles. The van der Waals surface area contributed by atoms with Crippen LogP contribution in [0.15, 0.2) is 52.3 Å². The molecule has 2 N–H and O–H groups in total. The molecule has 0 bridgehead atoms. The first-order chi connectivity index (χ1) is 11.3. The van der Waals surface area contributed by atoms with Crippen molar-refractivity contribution >= 4 is 15.8 Å². The molecule has 24 heavy (non-hydrogen) atoms. The minimum absolute atomic E-state index is 0.00418. The van der Waals surface area contributed by atoms with Crippen molar-refractivity contribution in [1.82, 2.24) is 0 Å². The Balaban J connectivity index is 2.49. The van der Waals surface area contributed by atoms with Crippen molar-refractivity contribution in [1.29, 1.82) is 0 Å². The van der Waals surface area contributed by atoms with E-state index in [9.17, 15) is 13.2 Å². The summed E-state index contributed by atoms with van der Waals surface area (Å²) in [6, 6.07) is 11.2.